The lowest BCUT2D eigenvalue weighted by atomic mass is 9.73. The van der Waals surface area contributed by atoms with Crippen LogP contribution in [0.1, 0.15) is 37.3 Å². The quantitative estimate of drug-likeness (QED) is 0.660. The van der Waals surface area contributed by atoms with Gasteiger partial charge in [-0.25, -0.2) is 0 Å². The van der Waals surface area contributed by atoms with E-state index in [2.05, 4.69) is 5.43 Å². The fourth-order valence-corrected chi connectivity index (χ4v) is 3.33. The molecule has 2 rings (SSSR count). The lowest BCUT2D eigenvalue weighted by Crippen LogP contribution is -2.43. The average Bonchev–Trinajstić information content (AvgIpc) is 2.48. The van der Waals surface area contributed by atoms with Crippen molar-refractivity contribution < 1.29 is 17.9 Å². The van der Waals surface area contributed by atoms with Gasteiger partial charge in [0.05, 0.1) is 19.1 Å². The molecule has 0 aromatic heterocycles. The number of ether oxygens (including phenoxy) is 1. The van der Waals surface area contributed by atoms with Crippen molar-refractivity contribution in [1.29, 1.82) is 0 Å². The first kappa shape index (κ1) is 16.1. The highest BCUT2D eigenvalue weighted by molar-refractivity contribution is 5.36. The van der Waals surface area contributed by atoms with Crippen LogP contribution in [0.5, 0.6) is 5.75 Å². The van der Waals surface area contributed by atoms with E-state index in [-0.39, 0.29) is 6.42 Å². The summed E-state index contributed by atoms with van der Waals surface area (Å²) >= 11 is 0. The fraction of sp³-hybridized carbons (Fsp3) is 0.600. The Kier molecular flexibility index (Phi) is 5.11. The lowest BCUT2D eigenvalue weighted by Gasteiger charge is -2.38. The number of hydrogen-bond acceptors (Lipinski definition) is 3. The molecule has 0 radical (unpaired) electrons. The minimum Gasteiger partial charge on any atom is -0.496 e. The van der Waals surface area contributed by atoms with Crippen LogP contribution in [0.15, 0.2) is 24.3 Å². The standard InChI is InChI=1S/C15H21F3N2O/c1-21-13-9-5-3-7-11(13)14(20-19)10-6-2-4-8-12(10)15(16,17)18/h3,5,7,9-10,12,14,20H,2,4,6,8,19H2,1H3. The minimum atomic E-state index is -4.19. The predicted octanol–water partition coefficient (Wildman–Crippen LogP) is 3.57. The van der Waals surface area contributed by atoms with Gasteiger partial charge < -0.3 is 4.74 Å². The summed E-state index contributed by atoms with van der Waals surface area (Å²) in [7, 11) is 1.51. The van der Waals surface area contributed by atoms with E-state index in [1.807, 2.05) is 0 Å². The summed E-state index contributed by atoms with van der Waals surface area (Å²) in [6.07, 6.45) is -2.10. The third kappa shape index (κ3) is 3.49. The lowest BCUT2D eigenvalue weighted by molar-refractivity contribution is -0.199. The fourth-order valence-electron chi connectivity index (χ4n) is 3.33. The Morgan fingerprint density at radius 1 is 1.24 bits per heavy atom. The highest BCUT2D eigenvalue weighted by atomic mass is 19.4. The molecule has 3 N–H and O–H groups in total. The molecule has 0 spiro atoms. The number of hydrogen-bond donors (Lipinski definition) is 2. The van der Waals surface area contributed by atoms with Gasteiger partial charge in [-0.15, -0.1) is 0 Å². The normalized spacial score (nSPS) is 24.6. The number of rotatable bonds is 4. The van der Waals surface area contributed by atoms with Gasteiger partial charge in [0.15, 0.2) is 0 Å². The molecule has 3 unspecified atom stereocenters. The molecule has 118 valence electrons. The largest absolute Gasteiger partial charge is 0.496 e. The number of para-hydroxylation sites is 1. The Morgan fingerprint density at radius 3 is 2.52 bits per heavy atom. The van der Waals surface area contributed by atoms with Gasteiger partial charge in [0.1, 0.15) is 5.75 Å². The van der Waals surface area contributed by atoms with Crippen LogP contribution in [0.4, 0.5) is 13.2 Å². The topological polar surface area (TPSA) is 47.3 Å². The molecule has 1 saturated carbocycles. The highest BCUT2D eigenvalue weighted by Gasteiger charge is 2.48. The van der Waals surface area contributed by atoms with Crippen LogP contribution in [0.2, 0.25) is 0 Å². The van der Waals surface area contributed by atoms with Crippen LogP contribution in [0, 0.1) is 11.8 Å². The number of nitrogens with two attached hydrogens (primary N) is 1. The number of nitrogens with one attached hydrogen (secondary N) is 1. The van der Waals surface area contributed by atoms with Crippen LogP contribution in [-0.2, 0) is 0 Å². The smallest absolute Gasteiger partial charge is 0.392 e. The van der Waals surface area contributed by atoms with Gasteiger partial charge in [0.2, 0.25) is 0 Å². The molecule has 3 atom stereocenters. The summed E-state index contributed by atoms with van der Waals surface area (Å²) in [5.74, 6) is 4.26. The first-order valence-corrected chi connectivity index (χ1v) is 7.14. The maximum absolute atomic E-state index is 13.3. The van der Waals surface area contributed by atoms with E-state index >= 15 is 0 Å². The van der Waals surface area contributed by atoms with E-state index < -0.39 is 24.1 Å². The van der Waals surface area contributed by atoms with E-state index in [4.69, 9.17) is 10.6 Å². The zero-order chi connectivity index (χ0) is 15.5. The van der Waals surface area contributed by atoms with Gasteiger partial charge in [-0.3, -0.25) is 11.3 Å². The maximum atomic E-state index is 13.3. The average molecular weight is 302 g/mol. The number of halogens is 3. The Labute approximate surface area is 122 Å². The van der Waals surface area contributed by atoms with Crippen molar-refractivity contribution in [3.63, 3.8) is 0 Å². The number of benzene rings is 1. The van der Waals surface area contributed by atoms with Crippen molar-refractivity contribution in [3.8, 4) is 5.75 Å². The molecule has 0 aliphatic heterocycles. The van der Waals surface area contributed by atoms with Crippen LogP contribution >= 0.6 is 0 Å². The minimum absolute atomic E-state index is 0.168. The Morgan fingerprint density at radius 2 is 1.90 bits per heavy atom. The maximum Gasteiger partial charge on any atom is 0.392 e. The van der Waals surface area contributed by atoms with Crippen LogP contribution < -0.4 is 16.0 Å². The molecule has 0 heterocycles. The molecule has 0 amide bonds. The molecule has 3 nitrogen and oxygen atoms in total. The number of hydrazine groups is 1. The molecular weight excluding hydrogens is 281 g/mol. The summed E-state index contributed by atoms with van der Waals surface area (Å²) in [5.41, 5.74) is 3.27. The summed E-state index contributed by atoms with van der Waals surface area (Å²) in [5, 5.41) is 0. The summed E-state index contributed by atoms with van der Waals surface area (Å²) in [6.45, 7) is 0. The summed E-state index contributed by atoms with van der Waals surface area (Å²) in [4.78, 5) is 0. The molecule has 0 bridgehead atoms. The van der Waals surface area contributed by atoms with E-state index in [0.717, 1.165) is 6.42 Å². The molecule has 0 saturated heterocycles. The first-order valence-electron chi connectivity index (χ1n) is 7.14. The second-order valence-corrected chi connectivity index (χ2v) is 5.48. The Bertz CT molecular complexity index is 464. The van der Waals surface area contributed by atoms with E-state index in [0.29, 0.717) is 24.2 Å². The number of alkyl halides is 3. The molecule has 1 aliphatic carbocycles. The van der Waals surface area contributed by atoms with Gasteiger partial charge in [0, 0.05) is 5.56 Å². The molecule has 21 heavy (non-hydrogen) atoms. The van der Waals surface area contributed by atoms with Gasteiger partial charge in [-0.2, -0.15) is 13.2 Å². The Hall–Kier alpha value is -1.27. The van der Waals surface area contributed by atoms with Gasteiger partial charge in [-0.05, 0) is 24.8 Å². The molecule has 1 aromatic rings. The van der Waals surface area contributed by atoms with Gasteiger partial charge in [-0.1, -0.05) is 31.0 Å². The van der Waals surface area contributed by atoms with Gasteiger partial charge >= 0.3 is 6.18 Å². The van der Waals surface area contributed by atoms with Crippen molar-refractivity contribution in [2.75, 3.05) is 7.11 Å². The molecule has 1 aromatic carbocycles. The Balaban J connectivity index is 2.34. The molecule has 6 heteroatoms. The van der Waals surface area contributed by atoms with E-state index in [9.17, 15) is 13.2 Å². The monoisotopic (exact) mass is 302 g/mol. The number of methoxy groups -OCH3 is 1. The zero-order valence-corrected chi connectivity index (χ0v) is 12.0. The second-order valence-electron chi connectivity index (χ2n) is 5.48. The van der Waals surface area contributed by atoms with Crippen molar-refractivity contribution in [2.24, 2.45) is 17.7 Å². The third-order valence-corrected chi connectivity index (χ3v) is 4.32. The highest BCUT2D eigenvalue weighted by Crippen LogP contribution is 2.47. The van der Waals surface area contributed by atoms with Crippen molar-refractivity contribution in [1.82, 2.24) is 5.43 Å². The van der Waals surface area contributed by atoms with E-state index in [1.165, 1.54) is 7.11 Å². The SMILES string of the molecule is COc1ccccc1C(NN)C1CCCCC1C(F)(F)F. The van der Waals surface area contributed by atoms with Crippen molar-refractivity contribution in [3.05, 3.63) is 29.8 Å². The summed E-state index contributed by atoms with van der Waals surface area (Å²) in [6, 6.07) is 6.52. The van der Waals surface area contributed by atoms with E-state index in [1.54, 1.807) is 24.3 Å². The zero-order valence-electron chi connectivity index (χ0n) is 12.0. The first-order chi connectivity index (χ1) is 9.99. The van der Waals surface area contributed by atoms with Gasteiger partial charge in [0.25, 0.3) is 0 Å². The van der Waals surface area contributed by atoms with Crippen molar-refractivity contribution >= 4 is 0 Å². The molecule has 1 fully saturated rings. The summed E-state index contributed by atoms with van der Waals surface area (Å²) < 4.78 is 45.1. The van der Waals surface area contributed by atoms with Crippen LogP contribution in [-0.4, -0.2) is 13.3 Å². The third-order valence-electron chi connectivity index (χ3n) is 4.32. The molecular formula is C15H21F3N2O. The van der Waals surface area contributed by atoms with Crippen LogP contribution in [0.25, 0.3) is 0 Å². The second kappa shape index (κ2) is 6.66. The molecule has 1 aliphatic rings. The van der Waals surface area contributed by atoms with Crippen LogP contribution in [0.3, 0.4) is 0 Å². The van der Waals surface area contributed by atoms with Crippen molar-refractivity contribution in [2.45, 2.75) is 37.9 Å². The predicted molar refractivity (Wildman–Crippen MR) is 74.6 cm³/mol.